The van der Waals surface area contributed by atoms with Gasteiger partial charge in [-0.3, -0.25) is 9.79 Å². The number of carbonyl (C=O) groups excluding carboxylic acids is 1. The van der Waals surface area contributed by atoms with Gasteiger partial charge in [0.25, 0.3) is 0 Å². The number of hydrogen-bond acceptors (Lipinski definition) is 3. The number of dihydropyridines is 1. The summed E-state index contributed by atoms with van der Waals surface area (Å²) in [4.78, 5) is 16.6. The van der Waals surface area contributed by atoms with E-state index in [2.05, 4.69) is 4.99 Å². The van der Waals surface area contributed by atoms with E-state index in [1.165, 1.54) is 0 Å². The largest absolute Gasteiger partial charge is 0.495 e. The van der Waals surface area contributed by atoms with Crippen LogP contribution in [0.2, 0.25) is 0 Å². The second-order valence-corrected chi connectivity index (χ2v) is 4.74. The second kappa shape index (κ2) is 5.17. The van der Waals surface area contributed by atoms with E-state index in [4.69, 9.17) is 4.74 Å². The van der Waals surface area contributed by atoms with Crippen molar-refractivity contribution in [1.29, 1.82) is 0 Å². The van der Waals surface area contributed by atoms with Crippen molar-refractivity contribution in [3.05, 3.63) is 47.7 Å². The van der Waals surface area contributed by atoms with Gasteiger partial charge >= 0.3 is 0 Å². The van der Waals surface area contributed by atoms with Crippen molar-refractivity contribution in [2.45, 2.75) is 25.3 Å². The Morgan fingerprint density at radius 1 is 1.39 bits per heavy atom. The molecule has 0 amide bonds. The highest BCUT2D eigenvalue weighted by molar-refractivity contribution is 5.97. The van der Waals surface area contributed by atoms with Gasteiger partial charge in [-0.05, 0) is 19.4 Å². The molecule has 2 rings (SSSR count). The third kappa shape index (κ3) is 2.86. The monoisotopic (exact) mass is 243 g/mol. The quantitative estimate of drug-likeness (QED) is 0.762. The molecule has 1 aromatic carbocycles. The van der Waals surface area contributed by atoms with E-state index >= 15 is 0 Å². The van der Waals surface area contributed by atoms with Crippen LogP contribution in [0.5, 0.6) is 0 Å². The molecule has 0 saturated carbocycles. The maximum absolute atomic E-state index is 12.1. The van der Waals surface area contributed by atoms with Crippen molar-refractivity contribution in [2.75, 3.05) is 7.11 Å². The van der Waals surface area contributed by atoms with Crippen LogP contribution < -0.4 is 0 Å². The number of carbonyl (C=O) groups is 1. The van der Waals surface area contributed by atoms with Gasteiger partial charge in [-0.2, -0.15) is 0 Å². The lowest BCUT2D eigenvalue weighted by Crippen LogP contribution is -2.28. The maximum atomic E-state index is 12.1. The smallest absolute Gasteiger partial charge is 0.165 e. The summed E-state index contributed by atoms with van der Waals surface area (Å²) in [6, 6.07) is 9.35. The SMILES string of the molecule is COC1=CCC(C)(CC(=O)c2ccccc2)N=C1. The highest BCUT2D eigenvalue weighted by atomic mass is 16.5. The predicted octanol–water partition coefficient (Wildman–Crippen LogP) is 3.02. The lowest BCUT2D eigenvalue weighted by atomic mass is 9.88. The fourth-order valence-electron chi connectivity index (χ4n) is 1.97. The van der Waals surface area contributed by atoms with Crippen LogP contribution in [0.1, 0.15) is 30.1 Å². The standard InChI is InChI=1S/C15H17NO2/c1-15(9-8-13(18-2)11-16-15)10-14(17)12-6-4-3-5-7-12/h3-8,11H,9-10H2,1-2H3. The summed E-state index contributed by atoms with van der Waals surface area (Å²) >= 11 is 0. The van der Waals surface area contributed by atoms with Crippen molar-refractivity contribution in [1.82, 2.24) is 0 Å². The van der Waals surface area contributed by atoms with Gasteiger partial charge in [-0.25, -0.2) is 0 Å². The molecule has 3 nitrogen and oxygen atoms in total. The molecule has 1 heterocycles. The van der Waals surface area contributed by atoms with Crippen molar-refractivity contribution in [2.24, 2.45) is 4.99 Å². The average molecular weight is 243 g/mol. The van der Waals surface area contributed by atoms with Gasteiger partial charge in [0.05, 0.1) is 18.9 Å². The fraction of sp³-hybridized carbons (Fsp3) is 0.333. The molecule has 0 fully saturated rings. The molecule has 1 unspecified atom stereocenters. The van der Waals surface area contributed by atoms with E-state index in [0.717, 1.165) is 17.7 Å². The minimum Gasteiger partial charge on any atom is -0.495 e. The first kappa shape index (κ1) is 12.6. The number of rotatable bonds is 4. The number of nitrogens with zero attached hydrogens (tertiary/aromatic N) is 1. The second-order valence-electron chi connectivity index (χ2n) is 4.74. The zero-order chi connectivity index (χ0) is 13.0. The number of ether oxygens (including phenoxy) is 1. The van der Waals surface area contributed by atoms with Gasteiger partial charge in [0, 0.05) is 12.0 Å². The minimum absolute atomic E-state index is 0.129. The minimum atomic E-state index is -0.352. The molecular weight excluding hydrogens is 226 g/mol. The summed E-state index contributed by atoms with van der Waals surface area (Å²) < 4.78 is 5.10. The van der Waals surface area contributed by atoms with E-state index in [1.807, 2.05) is 43.3 Å². The Hall–Kier alpha value is -1.90. The number of hydrogen-bond donors (Lipinski definition) is 0. The summed E-state index contributed by atoms with van der Waals surface area (Å²) in [6.45, 7) is 1.99. The van der Waals surface area contributed by atoms with Crippen LogP contribution in [-0.4, -0.2) is 24.6 Å². The summed E-state index contributed by atoms with van der Waals surface area (Å²) in [6.07, 6.45) is 4.82. The average Bonchev–Trinajstić information content (AvgIpc) is 2.40. The molecule has 0 aromatic heterocycles. The van der Waals surface area contributed by atoms with Gasteiger partial charge in [0.1, 0.15) is 5.76 Å². The van der Waals surface area contributed by atoms with Crippen molar-refractivity contribution in [3.8, 4) is 0 Å². The zero-order valence-corrected chi connectivity index (χ0v) is 10.7. The van der Waals surface area contributed by atoms with Crippen LogP contribution in [0.25, 0.3) is 0 Å². The lowest BCUT2D eigenvalue weighted by molar-refractivity contribution is 0.0956. The zero-order valence-electron chi connectivity index (χ0n) is 10.7. The van der Waals surface area contributed by atoms with Gasteiger partial charge < -0.3 is 4.74 Å². The van der Waals surface area contributed by atoms with Crippen LogP contribution in [-0.2, 0) is 4.74 Å². The molecule has 18 heavy (non-hydrogen) atoms. The van der Waals surface area contributed by atoms with Crippen molar-refractivity contribution in [3.63, 3.8) is 0 Å². The molecule has 0 bridgehead atoms. The molecule has 3 heteroatoms. The number of Topliss-reactive ketones (excluding diaryl/α,β-unsaturated/α-hetero) is 1. The summed E-state index contributed by atoms with van der Waals surface area (Å²) in [5.41, 5.74) is 0.394. The third-order valence-electron chi connectivity index (χ3n) is 3.12. The topological polar surface area (TPSA) is 38.7 Å². The van der Waals surface area contributed by atoms with E-state index in [1.54, 1.807) is 13.3 Å². The van der Waals surface area contributed by atoms with Gasteiger partial charge in [0.2, 0.25) is 0 Å². The number of ketones is 1. The number of benzene rings is 1. The van der Waals surface area contributed by atoms with E-state index in [0.29, 0.717) is 6.42 Å². The normalized spacial score (nSPS) is 22.4. The Morgan fingerprint density at radius 3 is 2.67 bits per heavy atom. The highest BCUT2D eigenvalue weighted by Crippen LogP contribution is 2.26. The summed E-state index contributed by atoms with van der Waals surface area (Å²) in [5, 5.41) is 0. The molecule has 0 spiro atoms. The Bertz CT molecular complexity index is 490. The van der Waals surface area contributed by atoms with E-state index in [9.17, 15) is 4.79 Å². The van der Waals surface area contributed by atoms with Crippen LogP contribution in [0.3, 0.4) is 0 Å². The first-order chi connectivity index (χ1) is 8.63. The molecule has 1 atom stereocenters. The number of methoxy groups -OCH3 is 1. The molecule has 0 aliphatic carbocycles. The first-order valence-corrected chi connectivity index (χ1v) is 6.01. The molecule has 0 saturated heterocycles. The Labute approximate surface area is 107 Å². The third-order valence-corrected chi connectivity index (χ3v) is 3.12. The van der Waals surface area contributed by atoms with E-state index < -0.39 is 0 Å². The van der Waals surface area contributed by atoms with Gasteiger partial charge in [0.15, 0.2) is 5.78 Å². The molecule has 94 valence electrons. The summed E-state index contributed by atoms with van der Waals surface area (Å²) in [5.74, 6) is 0.893. The van der Waals surface area contributed by atoms with Crippen molar-refractivity contribution < 1.29 is 9.53 Å². The summed E-state index contributed by atoms with van der Waals surface area (Å²) in [7, 11) is 1.62. The molecule has 1 aromatic rings. The van der Waals surface area contributed by atoms with Crippen LogP contribution in [0, 0.1) is 0 Å². The highest BCUT2D eigenvalue weighted by Gasteiger charge is 2.28. The molecular formula is C15H17NO2. The Balaban J connectivity index is 2.05. The van der Waals surface area contributed by atoms with Crippen LogP contribution >= 0.6 is 0 Å². The molecule has 0 radical (unpaired) electrons. The van der Waals surface area contributed by atoms with Gasteiger partial charge in [-0.15, -0.1) is 0 Å². The molecule has 1 aliphatic heterocycles. The van der Waals surface area contributed by atoms with Crippen molar-refractivity contribution >= 4 is 12.0 Å². The predicted molar refractivity (Wildman–Crippen MR) is 72.0 cm³/mol. The van der Waals surface area contributed by atoms with Crippen LogP contribution in [0.15, 0.2) is 47.2 Å². The Kier molecular flexibility index (Phi) is 3.60. The lowest BCUT2D eigenvalue weighted by Gasteiger charge is -2.26. The number of allylic oxidation sites excluding steroid dienone is 1. The van der Waals surface area contributed by atoms with Gasteiger partial charge in [-0.1, -0.05) is 30.3 Å². The Morgan fingerprint density at radius 2 is 2.11 bits per heavy atom. The van der Waals surface area contributed by atoms with Crippen LogP contribution in [0.4, 0.5) is 0 Å². The molecule has 0 N–H and O–H groups in total. The first-order valence-electron chi connectivity index (χ1n) is 6.01. The number of aliphatic imine (C=N–C) groups is 1. The fourth-order valence-corrected chi connectivity index (χ4v) is 1.97. The molecule has 1 aliphatic rings. The maximum Gasteiger partial charge on any atom is 0.165 e. The van der Waals surface area contributed by atoms with E-state index in [-0.39, 0.29) is 11.3 Å².